The van der Waals surface area contributed by atoms with Gasteiger partial charge >= 0.3 is 12.1 Å². The third-order valence-electron chi connectivity index (χ3n) is 3.23. The maximum Gasteiger partial charge on any atom is 0.325 e. The highest BCUT2D eigenvalue weighted by atomic mass is 16.2. The largest absolute Gasteiger partial charge is 0.370 e. The number of nitrogens with one attached hydrogen (secondary N) is 4. The van der Waals surface area contributed by atoms with Crippen molar-refractivity contribution in [3.05, 3.63) is 48.8 Å². The smallest absolute Gasteiger partial charge is 0.325 e. The number of hydrogen-bond acceptors (Lipinski definition) is 6. The molecule has 0 fully saturated rings. The van der Waals surface area contributed by atoms with Gasteiger partial charge in [-0.05, 0) is 59.7 Å². The Morgan fingerprint density at radius 1 is 0.824 bits per heavy atom. The van der Waals surface area contributed by atoms with Crippen LogP contribution in [0.15, 0.2) is 58.8 Å². The van der Waals surface area contributed by atoms with Gasteiger partial charge in [0.2, 0.25) is 5.96 Å². The minimum absolute atomic E-state index is 0.0575. The number of aromatic nitrogens is 2. The monoisotopic (exact) mass is 470 g/mol. The zero-order valence-corrected chi connectivity index (χ0v) is 20.4. The van der Waals surface area contributed by atoms with Gasteiger partial charge in [0.25, 0.3) is 5.95 Å². The highest BCUT2D eigenvalue weighted by Crippen LogP contribution is 2.06. The van der Waals surface area contributed by atoms with Crippen molar-refractivity contribution in [3.8, 4) is 0 Å². The van der Waals surface area contributed by atoms with Crippen LogP contribution < -0.4 is 32.7 Å². The van der Waals surface area contributed by atoms with Crippen molar-refractivity contribution in [1.82, 2.24) is 25.9 Å². The fourth-order valence-corrected chi connectivity index (χ4v) is 2.16. The normalized spacial score (nSPS) is 12.1. The van der Waals surface area contributed by atoms with Crippen molar-refractivity contribution in [1.29, 1.82) is 0 Å². The molecule has 4 amide bonds. The SMILES string of the molecule is CC(C)(C)N=C(N)NC(=O)Nc1ccccc1.CC(C)(C)NC(=O)NC(N)=Nc1ncccn1. The molecule has 0 unspecified atom stereocenters. The molecule has 12 nitrogen and oxygen atoms in total. The minimum atomic E-state index is -0.422. The molecule has 1 aromatic carbocycles. The van der Waals surface area contributed by atoms with E-state index in [1.165, 1.54) is 12.4 Å². The Morgan fingerprint density at radius 3 is 1.91 bits per heavy atom. The number of para-hydroxylation sites is 1. The first-order valence-electron chi connectivity index (χ1n) is 10.4. The average Bonchev–Trinajstić information content (AvgIpc) is 2.66. The third kappa shape index (κ3) is 14.0. The molecule has 1 heterocycles. The van der Waals surface area contributed by atoms with E-state index >= 15 is 0 Å². The summed E-state index contributed by atoms with van der Waals surface area (Å²) in [5, 5.41) is 10.2. The maximum absolute atomic E-state index is 11.5. The number of guanidine groups is 2. The van der Waals surface area contributed by atoms with Crippen LogP contribution in [0, 0.1) is 0 Å². The van der Waals surface area contributed by atoms with Gasteiger partial charge in [-0.1, -0.05) is 18.2 Å². The number of nitrogens with two attached hydrogens (primary N) is 2. The van der Waals surface area contributed by atoms with E-state index in [-0.39, 0.29) is 28.9 Å². The highest BCUT2D eigenvalue weighted by Gasteiger charge is 2.14. The standard InChI is InChI=1S/C12H18N4O.C10H16N6O/c1-12(2,3)16-10(13)15-11(17)14-9-7-5-4-6-8-9;1-10(2,3)16-9(17)15-7(11)14-8-12-5-4-6-13-8/h4-8H,1-3H3,(H4,13,14,15,16,17);4-6H,1-3H3,(H4,11,12,13,14,15,16,17). The second-order valence-electron chi connectivity index (χ2n) is 8.99. The lowest BCUT2D eigenvalue weighted by molar-refractivity contribution is 0.236. The molecular weight excluding hydrogens is 436 g/mol. The van der Waals surface area contributed by atoms with Crippen LogP contribution in [0.1, 0.15) is 41.5 Å². The van der Waals surface area contributed by atoms with Crippen molar-refractivity contribution in [2.45, 2.75) is 52.6 Å². The van der Waals surface area contributed by atoms with Gasteiger partial charge in [0.05, 0.1) is 5.54 Å². The van der Waals surface area contributed by atoms with E-state index in [1.807, 2.05) is 59.7 Å². The number of anilines is 1. The van der Waals surface area contributed by atoms with Crippen LogP contribution in [0.5, 0.6) is 0 Å². The van der Waals surface area contributed by atoms with Gasteiger partial charge < -0.3 is 22.1 Å². The summed E-state index contributed by atoms with van der Waals surface area (Å²) in [4.78, 5) is 38.6. The topological polar surface area (TPSA) is 185 Å². The summed E-state index contributed by atoms with van der Waals surface area (Å²) in [6.07, 6.45) is 3.07. The van der Waals surface area contributed by atoms with Crippen molar-refractivity contribution in [3.63, 3.8) is 0 Å². The number of amides is 4. The number of carbonyl (C=O) groups is 2. The Labute approximate surface area is 199 Å². The number of rotatable bonds is 2. The first kappa shape index (κ1) is 27.8. The first-order valence-corrected chi connectivity index (χ1v) is 10.4. The molecule has 0 bridgehead atoms. The van der Waals surface area contributed by atoms with Crippen LogP contribution in [0.4, 0.5) is 21.2 Å². The molecule has 0 saturated carbocycles. The van der Waals surface area contributed by atoms with Crippen LogP contribution in [0.25, 0.3) is 0 Å². The molecule has 1 aromatic heterocycles. The summed E-state index contributed by atoms with van der Waals surface area (Å²) in [6.45, 7) is 11.3. The van der Waals surface area contributed by atoms with E-state index < -0.39 is 12.1 Å². The summed E-state index contributed by atoms with van der Waals surface area (Å²) in [6, 6.07) is 9.96. The zero-order chi connectivity index (χ0) is 25.8. The van der Waals surface area contributed by atoms with Crippen molar-refractivity contribution < 1.29 is 9.59 Å². The summed E-state index contributed by atoms with van der Waals surface area (Å²) >= 11 is 0. The molecule has 0 atom stereocenters. The molecule has 12 heteroatoms. The Hall–Kier alpha value is -4.22. The molecule has 2 aromatic rings. The number of benzene rings is 1. The van der Waals surface area contributed by atoms with Gasteiger partial charge in [-0.2, -0.15) is 4.99 Å². The predicted octanol–water partition coefficient (Wildman–Crippen LogP) is 2.44. The molecule has 0 aliphatic rings. The lowest BCUT2D eigenvalue weighted by Gasteiger charge is -2.20. The van der Waals surface area contributed by atoms with Gasteiger partial charge in [0.1, 0.15) is 0 Å². The Kier molecular flexibility index (Phi) is 10.4. The summed E-state index contributed by atoms with van der Waals surface area (Å²) in [5.74, 6) is 0.241. The van der Waals surface area contributed by atoms with Gasteiger partial charge in [0.15, 0.2) is 5.96 Å². The summed E-state index contributed by atoms with van der Waals surface area (Å²) in [5.41, 5.74) is 11.2. The van der Waals surface area contributed by atoms with Crippen LogP contribution in [0.3, 0.4) is 0 Å². The molecule has 34 heavy (non-hydrogen) atoms. The molecule has 0 radical (unpaired) electrons. The van der Waals surface area contributed by atoms with Crippen LogP contribution >= 0.6 is 0 Å². The van der Waals surface area contributed by atoms with Crippen LogP contribution in [-0.4, -0.2) is 45.0 Å². The van der Waals surface area contributed by atoms with E-state index in [2.05, 4.69) is 41.2 Å². The molecule has 0 spiro atoms. The van der Waals surface area contributed by atoms with Gasteiger partial charge in [-0.25, -0.2) is 24.5 Å². The number of aliphatic imine (C=N–C) groups is 2. The Morgan fingerprint density at radius 2 is 1.38 bits per heavy atom. The Bertz CT molecular complexity index is 978. The minimum Gasteiger partial charge on any atom is -0.370 e. The van der Waals surface area contributed by atoms with Crippen molar-refractivity contribution in [2.24, 2.45) is 21.5 Å². The molecular formula is C22H34N10O2. The maximum atomic E-state index is 11.5. The van der Waals surface area contributed by atoms with Crippen molar-refractivity contribution >= 4 is 35.6 Å². The second-order valence-corrected chi connectivity index (χ2v) is 8.99. The lowest BCUT2D eigenvalue weighted by Crippen LogP contribution is -2.50. The summed E-state index contributed by atoms with van der Waals surface area (Å²) < 4.78 is 0. The average molecular weight is 471 g/mol. The molecule has 0 aliphatic carbocycles. The fraction of sp³-hybridized carbons (Fsp3) is 0.364. The zero-order valence-electron chi connectivity index (χ0n) is 20.4. The van der Waals surface area contributed by atoms with Crippen LogP contribution in [-0.2, 0) is 0 Å². The number of hydrogen-bond donors (Lipinski definition) is 6. The second kappa shape index (κ2) is 12.7. The van der Waals surface area contributed by atoms with Gasteiger partial charge in [-0.15, -0.1) is 0 Å². The van der Waals surface area contributed by atoms with Crippen molar-refractivity contribution in [2.75, 3.05) is 5.32 Å². The van der Waals surface area contributed by atoms with Gasteiger partial charge in [-0.3, -0.25) is 10.6 Å². The van der Waals surface area contributed by atoms with E-state index in [9.17, 15) is 9.59 Å². The number of urea groups is 2. The predicted molar refractivity (Wildman–Crippen MR) is 135 cm³/mol. The van der Waals surface area contributed by atoms with E-state index in [4.69, 9.17) is 11.5 Å². The number of nitrogens with zero attached hydrogens (tertiary/aromatic N) is 4. The molecule has 8 N–H and O–H groups in total. The highest BCUT2D eigenvalue weighted by molar-refractivity contribution is 6.01. The van der Waals surface area contributed by atoms with E-state index in [1.54, 1.807) is 18.2 Å². The van der Waals surface area contributed by atoms with E-state index in [0.717, 1.165) is 0 Å². The Balaban J connectivity index is 0.000000340. The fourth-order valence-electron chi connectivity index (χ4n) is 2.16. The van der Waals surface area contributed by atoms with Crippen LogP contribution in [0.2, 0.25) is 0 Å². The molecule has 184 valence electrons. The quantitative estimate of drug-likeness (QED) is 0.289. The van der Waals surface area contributed by atoms with E-state index in [0.29, 0.717) is 5.69 Å². The first-order chi connectivity index (χ1) is 15.7. The number of carbonyl (C=O) groups excluding carboxylic acids is 2. The summed E-state index contributed by atoms with van der Waals surface area (Å²) in [7, 11) is 0. The molecule has 0 aliphatic heterocycles. The molecule has 2 rings (SSSR count). The van der Waals surface area contributed by atoms with Gasteiger partial charge in [0, 0.05) is 23.6 Å². The third-order valence-corrected chi connectivity index (χ3v) is 3.23. The lowest BCUT2D eigenvalue weighted by atomic mass is 10.1. The molecule has 0 saturated heterocycles.